The third kappa shape index (κ3) is 5.46. The molecule has 0 radical (unpaired) electrons. The second-order valence-corrected chi connectivity index (χ2v) is 6.97. The highest BCUT2D eigenvalue weighted by atomic mass is 127. The van der Waals surface area contributed by atoms with Crippen LogP contribution in [-0.2, 0) is 12.4 Å². The number of thiazole rings is 2. The van der Waals surface area contributed by atoms with E-state index in [2.05, 4.69) is 9.97 Å². The van der Waals surface area contributed by atoms with E-state index in [0.717, 1.165) is 28.1 Å². The summed E-state index contributed by atoms with van der Waals surface area (Å²) < 4.78 is 71.0. The molecular formula is C8H5F6IN4S2. The lowest BCUT2D eigenvalue weighted by atomic mass is 10.5. The molecule has 2 heterocycles. The molecule has 0 atom stereocenters. The van der Waals surface area contributed by atoms with Crippen LogP contribution in [0, 0.1) is 2.88 Å². The first-order valence-electron chi connectivity index (χ1n) is 4.68. The fraction of sp³-hybridized carbons (Fsp3) is 0.250. The molecule has 0 amide bonds. The Kier molecular flexibility index (Phi) is 5.65. The van der Waals surface area contributed by atoms with Gasteiger partial charge in [0, 0.05) is 5.38 Å². The molecule has 21 heavy (non-hydrogen) atoms. The lowest BCUT2D eigenvalue weighted by Gasteiger charge is -2.00. The summed E-state index contributed by atoms with van der Waals surface area (Å²) in [5.41, 5.74) is 8.25. The van der Waals surface area contributed by atoms with Gasteiger partial charge in [-0.15, -0.1) is 11.3 Å². The molecule has 2 rings (SSSR count). The first-order chi connectivity index (χ1) is 9.41. The van der Waals surface area contributed by atoms with Gasteiger partial charge < -0.3 is 11.5 Å². The third-order valence-electron chi connectivity index (χ3n) is 1.68. The van der Waals surface area contributed by atoms with Gasteiger partial charge in [0.05, 0.1) is 2.88 Å². The van der Waals surface area contributed by atoms with E-state index in [1.807, 2.05) is 0 Å². The van der Waals surface area contributed by atoms with E-state index >= 15 is 0 Å². The van der Waals surface area contributed by atoms with Gasteiger partial charge in [0.25, 0.3) is 0 Å². The zero-order valence-corrected chi connectivity index (χ0v) is 13.4. The number of nitrogen functional groups attached to an aromatic ring is 2. The van der Waals surface area contributed by atoms with Crippen LogP contribution >= 0.6 is 45.3 Å². The molecule has 2 aromatic heterocycles. The number of nitrogens with two attached hydrogens (primary N) is 2. The van der Waals surface area contributed by atoms with E-state index < -0.39 is 23.7 Å². The van der Waals surface area contributed by atoms with Gasteiger partial charge in [-0.3, -0.25) is 0 Å². The van der Waals surface area contributed by atoms with Crippen LogP contribution < -0.4 is 11.5 Å². The Labute approximate surface area is 135 Å². The molecule has 0 aliphatic heterocycles. The van der Waals surface area contributed by atoms with Crippen molar-refractivity contribution in [2.45, 2.75) is 12.4 Å². The maximum Gasteiger partial charge on any atom is 0.435 e. The van der Waals surface area contributed by atoms with Crippen molar-refractivity contribution in [3.8, 4) is 0 Å². The highest BCUT2D eigenvalue weighted by Gasteiger charge is 2.36. The average molecular weight is 462 g/mol. The molecule has 118 valence electrons. The van der Waals surface area contributed by atoms with Gasteiger partial charge in [-0.2, -0.15) is 26.3 Å². The van der Waals surface area contributed by atoms with Gasteiger partial charge in [0.1, 0.15) is 0 Å². The van der Waals surface area contributed by atoms with Crippen molar-refractivity contribution in [1.82, 2.24) is 9.97 Å². The van der Waals surface area contributed by atoms with Crippen LogP contribution in [0.3, 0.4) is 0 Å². The molecule has 0 saturated carbocycles. The van der Waals surface area contributed by atoms with E-state index in [1.54, 1.807) is 22.6 Å². The number of hydrogen-bond acceptors (Lipinski definition) is 6. The Morgan fingerprint density at radius 1 is 0.952 bits per heavy atom. The Balaban J connectivity index is 0.000000211. The summed E-state index contributed by atoms with van der Waals surface area (Å²) >= 11 is 3.17. The minimum absolute atomic E-state index is 0.0540. The summed E-state index contributed by atoms with van der Waals surface area (Å²) in [4.78, 5) is 6.20. The molecule has 0 aromatic carbocycles. The summed E-state index contributed by atoms with van der Waals surface area (Å²) in [5, 5.41) is 0.768. The number of anilines is 2. The monoisotopic (exact) mass is 462 g/mol. The number of halogens is 7. The van der Waals surface area contributed by atoms with Crippen LogP contribution in [0.15, 0.2) is 5.38 Å². The number of rotatable bonds is 0. The highest BCUT2D eigenvalue weighted by molar-refractivity contribution is 14.1. The maximum atomic E-state index is 11.9. The molecule has 0 spiro atoms. The smallest absolute Gasteiger partial charge is 0.375 e. The predicted octanol–water partition coefficient (Wildman–Crippen LogP) is 4.09. The van der Waals surface area contributed by atoms with E-state index in [4.69, 9.17) is 11.5 Å². The minimum atomic E-state index is -4.38. The van der Waals surface area contributed by atoms with E-state index in [1.165, 1.54) is 0 Å². The quantitative estimate of drug-likeness (QED) is 0.457. The average Bonchev–Trinajstić information content (AvgIpc) is 2.84. The Bertz CT molecular complexity index is 605. The lowest BCUT2D eigenvalue weighted by molar-refractivity contribution is -0.141. The molecule has 2 aromatic rings. The predicted molar refractivity (Wildman–Crippen MR) is 75.8 cm³/mol. The molecule has 0 unspecified atom stereocenters. The number of alkyl halides is 6. The highest BCUT2D eigenvalue weighted by Crippen LogP contribution is 2.35. The first-order valence-corrected chi connectivity index (χ1v) is 7.46. The van der Waals surface area contributed by atoms with Crippen LogP contribution in [0.2, 0.25) is 0 Å². The minimum Gasteiger partial charge on any atom is -0.375 e. The van der Waals surface area contributed by atoms with Crippen molar-refractivity contribution in [3.63, 3.8) is 0 Å². The van der Waals surface area contributed by atoms with Crippen molar-refractivity contribution in [2.75, 3.05) is 11.5 Å². The van der Waals surface area contributed by atoms with Crippen LogP contribution in [0.5, 0.6) is 0 Å². The summed E-state index contributed by atoms with van der Waals surface area (Å²) in [6.45, 7) is 0. The maximum absolute atomic E-state index is 11.9. The first kappa shape index (κ1) is 18.2. The van der Waals surface area contributed by atoms with E-state index in [9.17, 15) is 26.3 Å². The second-order valence-electron chi connectivity index (χ2n) is 3.24. The Hall–Kier alpha value is -0.830. The van der Waals surface area contributed by atoms with Crippen LogP contribution in [0.4, 0.5) is 36.6 Å². The molecule has 0 aliphatic rings. The summed E-state index contributed by atoms with van der Waals surface area (Å²) in [6.07, 6.45) is -8.75. The fourth-order valence-corrected chi connectivity index (χ4v) is 3.16. The molecule has 0 aliphatic carbocycles. The summed E-state index contributed by atoms with van der Waals surface area (Å²) in [7, 11) is 0. The van der Waals surface area contributed by atoms with Crippen molar-refractivity contribution in [1.29, 1.82) is 0 Å². The van der Waals surface area contributed by atoms with Gasteiger partial charge in [-0.25, -0.2) is 9.97 Å². The molecule has 0 fully saturated rings. The Morgan fingerprint density at radius 3 is 1.71 bits per heavy atom. The molecule has 0 saturated heterocycles. The van der Waals surface area contributed by atoms with Crippen molar-refractivity contribution in [3.05, 3.63) is 19.7 Å². The van der Waals surface area contributed by atoms with E-state index in [-0.39, 0.29) is 13.1 Å². The molecule has 0 bridgehead atoms. The number of nitrogens with zero attached hydrogens (tertiary/aromatic N) is 2. The Morgan fingerprint density at radius 2 is 1.52 bits per heavy atom. The standard InChI is InChI=1S/C4H2F3IN2S.C4H3F3N2S/c5-4(6,7)1-2(8)11-3(9)10-1;5-4(6,7)2-1-10-3(8)9-2/h(H2,9,10);1H,(H2,8,9). The largest absolute Gasteiger partial charge is 0.435 e. The topological polar surface area (TPSA) is 77.8 Å². The normalized spacial score (nSPS) is 12.0. The van der Waals surface area contributed by atoms with Gasteiger partial charge in [-0.05, 0) is 22.6 Å². The van der Waals surface area contributed by atoms with Crippen molar-refractivity contribution < 1.29 is 26.3 Å². The second kappa shape index (κ2) is 6.51. The zero-order chi connectivity index (χ0) is 16.4. The summed E-state index contributed by atoms with van der Waals surface area (Å²) in [6, 6.07) is 0. The van der Waals surface area contributed by atoms with Gasteiger partial charge in [0.2, 0.25) is 0 Å². The van der Waals surface area contributed by atoms with Crippen molar-refractivity contribution >= 4 is 55.5 Å². The van der Waals surface area contributed by atoms with Gasteiger partial charge >= 0.3 is 12.4 Å². The lowest BCUT2D eigenvalue weighted by Crippen LogP contribution is -2.07. The van der Waals surface area contributed by atoms with Crippen molar-refractivity contribution in [2.24, 2.45) is 0 Å². The third-order valence-corrected chi connectivity index (χ3v) is 4.20. The molecule has 4 N–H and O–H groups in total. The molecule has 4 nitrogen and oxygen atoms in total. The van der Waals surface area contributed by atoms with Crippen LogP contribution in [-0.4, -0.2) is 9.97 Å². The van der Waals surface area contributed by atoms with Crippen LogP contribution in [0.25, 0.3) is 0 Å². The molecular weight excluding hydrogens is 457 g/mol. The van der Waals surface area contributed by atoms with E-state index in [0.29, 0.717) is 0 Å². The van der Waals surface area contributed by atoms with Crippen LogP contribution in [0.1, 0.15) is 11.4 Å². The van der Waals surface area contributed by atoms with Gasteiger partial charge in [-0.1, -0.05) is 11.3 Å². The summed E-state index contributed by atoms with van der Waals surface area (Å²) in [5.74, 6) is 0. The SMILES string of the molecule is Nc1nc(C(F)(F)F)c(I)s1.Nc1nc(C(F)(F)F)cs1. The number of hydrogen-bond donors (Lipinski definition) is 2. The van der Waals surface area contributed by atoms with Gasteiger partial charge in [0.15, 0.2) is 21.7 Å². The number of aromatic nitrogens is 2. The fourth-order valence-electron chi connectivity index (χ4n) is 0.910. The zero-order valence-electron chi connectivity index (χ0n) is 9.59. The molecule has 13 heteroatoms.